The van der Waals surface area contributed by atoms with Crippen molar-refractivity contribution in [1.29, 1.82) is 0 Å². The third-order valence-electron chi connectivity index (χ3n) is 3.23. The molecule has 1 aliphatic heterocycles. The lowest BCUT2D eigenvalue weighted by Gasteiger charge is -2.28. The van der Waals surface area contributed by atoms with Gasteiger partial charge in [0.05, 0.1) is 0 Å². The molecule has 0 radical (unpaired) electrons. The number of rotatable bonds is 2. The topological polar surface area (TPSA) is 38.0 Å². The van der Waals surface area contributed by atoms with Crippen molar-refractivity contribution in [3.05, 3.63) is 35.4 Å². The van der Waals surface area contributed by atoms with E-state index in [4.69, 9.17) is 5.73 Å². The van der Waals surface area contributed by atoms with Crippen LogP contribution in [0.15, 0.2) is 18.2 Å². The van der Waals surface area contributed by atoms with Crippen molar-refractivity contribution in [3.63, 3.8) is 0 Å². The van der Waals surface area contributed by atoms with Crippen LogP contribution in [0.2, 0.25) is 0 Å². The molecule has 1 saturated heterocycles. The van der Waals surface area contributed by atoms with Crippen LogP contribution in [-0.4, -0.2) is 13.1 Å². The Balaban J connectivity index is 2.19. The van der Waals surface area contributed by atoms with Gasteiger partial charge in [-0.15, -0.1) is 0 Å². The Bertz CT molecular complexity index is 362. The zero-order valence-electron chi connectivity index (χ0n) is 9.05. The molecule has 1 aliphatic rings. The Hall–Kier alpha value is -1.00. The van der Waals surface area contributed by atoms with Gasteiger partial charge in [-0.05, 0) is 37.9 Å². The highest BCUT2D eigenvalue weighted by Crippen LogP contribution is 2.28. The van der Waals surface area contributed by atoms with E-state index in [1.165, 1.54) is 6.07 Å². The summed E-state index contributed by atoms with van der Waals surface area (Å²) in [7, 11) is 0. The summed E-state index contributed by atoms with van der Waals surface area (Å²) in [6, 6.07) is 3.80. The van der Waals surface area contributed by atoms with E-state index in [2.05, 4.69) is 5.32 Å². The molecular formula is C12H16F2N2. The van der Waals surface area contributed by atoms with Crippen molar-refractivity contribution in [2.45, 2.75) is 18.9 Å². The lowest BCUT2D eigenvalue weighted by atomic mass is 9.86. The van der Waals surface area contributed by atoms with Crippen molar-refractivity contribution < 1.29 is 8.78 Å². The van der Waals surface area contributed by atoms with Crippen molar-refractivity contribution >= 4 is 0 Å². The molecule has 4 heteroatoms. The molecule has 0 amide bonds. The SMILES string of the molecule is N[C@@H](c1cccc(F)c1F)C1CCNCC1. The van der Waals surface area contributed by atoms with Crippen LogP contribution in [0.1, 0.15) is 24.4 Å². The van der Waals surface area contributed by atoms with Crippen LogP contribution >= 0.6 is 0 Å². The van der Waals surface area contributed by atoms with Gasteiger partial charge >= 0.3 is 0 Å². The van der Waals surface area contributed by atoms with Crippen molar-refractivity contribution in [2.24, 2.45) is 11.7 Å². The lowest BCUT2D eigenvalue weighted by Crippen LogP contribution is -2.34. The Morgan fingerprint density at radius 1 is 1.25 bits per heavy atom. The average Bonchev–Trinajstić information content (AvgIpc) is 2.33. The van der Waals surface area contributed by atoms with E-state index in [9.17, 15) is 8.78 Å². The molecule has 1 atom stereocenters. The van der Waals surface area contributed by atoms with E-state index in [-0.39, 0.29) is 5.92 Å². The fourth-order valence-electron chi connectivity index (χ4n) is 2.24. The Labute approximate surface area is 93.8 Å². The molecule has 1 fully saturated rings. The third kappa shape index (κ3) is 2.23. The number of hydrogen-bond acceptors (Lipinski definition) is 2. The third-order valence-corrected chi connectivity index (χ3v) is 3.23. The number of benzene rings is 1. The normalized spacial score (nSPS) is 19.7. The van der Waals surface area contributed by atoms with Crippen LogP contribution in [0.25, 0.3) is 0 Å². The summed E-state index contributed by atoms with van der Waals surface area (Å²) in [5.74, 6) is -1.38. The second-order valence-corrected chi connectivity index (χ2v) is 4.26. The largest absolute Gasteiger partial charge is 0.324 e. The first-order chi connectivity index (χ1) is 7.70. The minimum Gasteiger partial charge on any atom is -0.324 e. The highest BCUT2D eigenvalue weighted by atomic mass is 19.2. The summed E-state index contributed by atoms with van der Waals surface area (Å²) < 4.78 is 26.6. The Morgan fingerprint density at radius 2 is 1.94 bits per heavy atom. The van der Waals surface area contributed by atoms with E-state index >= 15 is 0 Å². The second-order valence-electron chi connectivity index (χ2n) is 4.26. The van der Waals surface area contributed by atoms with Crippen LogP contribution in [-0.2, 0) is 0 Å². The smallest absolute Gasteiger partial charge is 0.163 e. The van der Waals surface area contributed by atoms with E-state index in [1.807, 2.05) is 0 Å². The van der Waals surface area contributed by atoms with Gasteiger partial charge in [0.25, 0.3) is 0 Å². The van der Waals surface area contributed by atoms with Crippen molar-refractivity contribution in [3.8, 4) is 0 Å². The zero-order valence-corrected chi connectivity index (χ0v) is 9.05. The number of piperidine rings is 1. The molecule has 2 nitrogen and oxygen atoms in total. The number of hydrogen-bond donors (Lipinski definition) is 2. The molecule has 0 bridgehead atoms. The van der Waals surface area contributed by atoms with Gasteiger partial charge in [-0.25, -0.2) is 8.78 Å². The predicted octanol–water partition coefficient (Wildman–Crippen LogP) is 1.96. The lowest BCUT2D eigenvalue weighted by molar-refractivity contribution is 0.314. The molecule has 1 aromatic carbocycles. The molecule has 0 spiro atoms. The summed E-state index contributed by atoms with van der Waals surface area (Å²) in [6.45, 7) is 1.80. The second kappa shape index (κ2) is 4.89. The summed E-state index contributed by atoms with van der Waals surface area (Å²) in [5.41, 5.74) is 6.30. The van der Waals surface area contributed by atoms with Crippen molar-refractivity contribution in [2.75, 3.05) is 13.1 Å². The first-order valence-corrected chi connectivity index (χ1v) is 5.60. The monoisotopic (exact) mass is 226 g/mol. The summed E-state index contributed by atoms with van der Waals surface area (Å²) in [5, 5.41) is 3.22. The summed E-state index contributed by atoms with van der Waals surface area (Å²) in [6.07, 6.45) is 1.83. The van der Waals surface area contributed by atoms with Crippen LogP contribution in [0.3, 0.4) is 0 Å². The van der Waals surface area contributed by atoms with Gasteiger partial charge in [0, 0.05) is 11.6 Å². The fraction of sp³-hybridized carbons (Fsp3) is 0.500. The Kier molecular flexibility index (Phi) is 3.51. The van der Waals surface area contributed by atoms with Crippen LogP contribution in [0.4, 0.5) is 8.78 Å². The molecule has 16 heavy (non-hydrogen) atoms. The van der Waals surface area contributed by atoms with Gasteiger partial charge in [-0.3, -0.25) is 0 Å². The summed E-state index contributed by atoms with van der Waals surface area (Å²) >= 11 is 0. The first kappa shape index (κ1) is 11.5. The van der Waals surface area contributed by atoms with Gasteiger partial charge in [0.1, 0.15) is 0 Å². The van der Waals surface area contributed by atoms with Gasteiger partial charge in [0.15, 0.2) is 11.6 Å². The molecule has 0 unspecified atom stereocenters. The standard InChI is InChI=1S/C12H16F2N2/c13-10-3-1-2-9(11(10)14)12(15)8-4-6-16-7-5-8/h1-3,8,12,16H,4-7,15H2/t12-/m1/s1. The molecule has 0 aliphatic carbocycles. The molecular weight excluding hydrogens is 210 g/mol. The van der Waals surface area contributed by atoms with Crippen LogP contribution in [0.5, 0.6) is 0 Å². The van der Waals surface area contributed by atoms with E-state index in [1.54, 1.807) is 6.07 Å². The van der Waals surface area contributed by atoms with Crippen LogP contribution < -0.4 is 11.1 Å². The highest BCUT2D eigenvalue weighted by molar-refractivity contribution is 5.23. The van der Waals surface area contributed by atoms with Crippen molar-refractivity contribution in [1.82, 2.24) is 5.32 Å². The molecule has 1 heterocycles. The van der Waals surface area contributed by atoms with E-state index < -0.39 is 17.7 Å². The fourth-order valence-corrected chi connectivity index (χ4v) is 2.24. The minimum atomic E-state index is -0.818. The zero-order chi connectivity index (χ0) is 11.5. The van der Waals surface area contributed by atoms with Gasteiger partial charge in [-0.2, -0.15) is 0 Å². The Morgan fingerprint density at radius 3 is 2.62 bits per heavy atom. The molecule has 88 valence electrons. The van der Waals surface area contributed by atoms with Gasteiger partial charge in [-0.1, -0.05) is 12.1 Å². The van der Waals surface area contributed by atoms with Gasteiger partial charge in [0.2, 0.25) is 0 Å². The maximum Gasteiger partial charge on any atom is 0.163 e. The molecule has 2 rings (SSSR count). The van der Waals surface area contributed by atoms with E-state index in [0.29, 0.717) is 5.56 Å². The quantitative estimate of drug-likeness (QED) is 0.809. The molecule has 0 saturated carbocycles. The maximum absolute atomic E-state index is 13.5. The minimum absolute atomic E-state index is 0.234. The maximum atomic E-state index is 13.5. The average molecular weight is 226 g/mol. The van der Waals surface area contributed by atoms with Gasteiger partial charge < -0.3 is 11.1 Å². The van der Waals surface area contributed by atoms with E-state index in [0.717, 1.165) is 32.0 Å². The first-order valence-electron chi connectivity index (χ1n) is 5.60. The number of nitrogens with one attached hydrogen (secondary N) is 1. The number of halogens is 2. The molecule has 0 aromatic heterocycles. The molecule has 3 N–H and O–H groups in total. The predicted molar refractivity (Wildman–Crippen MR) is 58.9 cm³/mol. The van der Waals surface area contributed by atoms with Crippen LogP contribution in [0, 0.1) is 17.6 Å². The number of nitrogens with two attached hydrogens (primary N) is 1. The highest BCUT2D eigenvalue weighted by Gasteiger charge is 2.24. The molecule has 1 aromatic rings. The summed E-state index contributed by atoms with van der Waals surface area (Å²) in [4.78, 5) is 0.